The van der Waals surface area contributed by atoms with E-state index >= 15 is 0 Å². The Morgan fingerprint density at radius 2 is 1.61 bits per heavy atom. The molecule has 0 spiro atoms. The Morgan fingerprint density at radius 3 is 2.22 bits per heavy atom. The minimum absolute atomic E-state index is 0.00350. The zero-order valence-corrected chi connectivity index (χ0v) is 22.7. The molecule has 14 heteroatoms. The van der Waals surface area contributed by atoms with E-state index in [1.807, 2.05) is 6.92 Å². The van der Waals surface area contributed by atoms with E-state index in [4.69, 9.17) is 4.42 Å². The molecule has 0 aliphatic carbocycles. The van der Waals surface area contributed by atoms with Crippen molar-refractivity contribution in [2.45, 2.75) is 55.8 Å². The Balaban J connectivity index is 1.58. The molecule has 1 aliphatic rings. The Kier molecular flexibility index (Phi) is 8.83. The van der Waals surface area contributed by atoms with Crippen LogP contribution in [-0.4, -0.2) is 43.2 Å². The number of hydrogen-bond donors (Lipinski definition) is 1. The van der Waals surface area contributed by atoms with Gasteiger partial charge in [0.25, 0.3) is 5.91 Å². The van der Waals surface area contributed by atoms with Crippen molar-refractivity contribution in [1.29, 1.82) is 0 Å². The van der Waals surface area contributed by atoms with Crippen molar-refractivity contribution < 1.29 is 44.0 Å². The molecular formula is C27H27F6N3O4S. The van der Waals surface area contributed by atoms with Crippen LogP contribution in [0.25, 0.3) is 11.3 Å². The van der Waals surface area contributed by atoms with E-state index in [0.29, 0.717) is 19.0 Å². The van der Waals surface area contributed by atoms with E-state index in [-0.39, 0.29) is 48.8 Å². The molecular weight excluding hydrogens is 576 g/mol. The lowest BCUT2D eigenvalue weighted by atomic mass is 9.98. The van der Waals surface area contributed by atoms with Gasteiger partial charge in [-0.25, -0.2) is 13.4 Å². The van der Waals surface area contributed by atoms with Crippen molar-refractivity contribution in [3.63, 3.8) is 0 Å². The fourth-order valence-corrected chi connectivity index (χ4v) is 6.00. The van der Waals surface area contributed by atoms with Crippen LogP contribution >= 0.6 is 0 Å². The molecule has 0 saturated carbocycles. The highest BCUT2D eigenvalue weighted by Crippen LogP contribution is 2.37. The molecule has 0 radical (unpaired) electrons. The van der Waals surface area contributed by atoms with E-state index < -0.39 is 50.2 Å². The Labute approximate surface area is 232 Å². The summed E-state index contributed by atoms with van der Waals surface area (Å²) in [7, 11) is -4.23. The summed E-state index contributed by atoms with van der Waals surface area (Å²) in [5.41, 5.74) is -2.20. The van der Waals surface area contributed by atoms with Crippen molar-refractivity contribution in [3.05, 3.63) is 71.2 Å². The number of carbonyl (C=O) groups excluding carboxylic acids is 1. The summed E-state index contributed by atoms with van der Waals surface area (Å²) in [6.45, 7) is 2.12. The smallest absolute Gasteiger partial charge is 0.416 e. The van der Waals surface area contributed by atoms with Crippen LogP contribution in [0.1, 0.15) is 66.0 Å². The number of aromatic nitrogens is 1. The molecule has 1 saturated heterocycles. The Bertz CT molecular complexity index is 1490. The van der Waals surface area contributed by atoms with Gasteiger partial charge in [-0.2, -0.15) is 30.6 Å². The maximum Gasteiger partial charge on any atom is 0.416 e. The van der Waals surface area contributed by atoms with Crippen molar-refractivity contribution in [3.8, 4) is 11.3 Å². The van der Waals surface area contributed by atoms with Gasteiger partial charge in [-0.3, -0.25) is 4.79 Å². The Hall–Kier alpha value is -3.39. The number of unbranched alkanes of at least 4 members (excludes halogenated alkanes) is 1. The third kappa shape index (κ3) is 6.92. The number of piperidine rings is 1. The van der Waals surface area contributed by atoms with Gasteiger partial charge in [-0.05, 0) is 49.6 Å². The number of amides is 1. The van der Waals surface area contributed by atoms with Crippen LogP contribution in [0.4, 0.5) is 26.3 Å². The lowest BCUT2D eigenvalue weighted by Gasteiger charge is -2.30. The second-order valence-electron chi connectivity index (χ2n) is 9.62. The normalized spacial score (nSPS) is 15.7. The molecule has 0 unspecified atom stereocenters. The number of nitrogens with zero attached hydrogens (tertiary/aromatic N) is 2. The van der Waals surface area contributed by atoms with Crippen LogP contribution in [-0.2, 0) is 22.4 Å². The number of alkyl halides is 6. The maximum absolute atomic E-state index is 13.3. The number of hydrogen-bond acceptors (Lipinski definition) is 5. The van der Waals surface area contributed by atoms with E-state index in [0.717, 1.165) is 41.1 Å². The fraction of sp³-hybridized carbons (Fsp3) is 0.407. The zero-order valence-electron chi connectivity index (χ0n) is 21.8. The second kappa shape index (κ2) is 11.8. The van der Waals surface area contributed by atoms with E-state index in [1.165, 1.54) is 12.1 Å². The summed E-state index contributed by atoms with van der Waals surface area (Å²) in [6.07, 6.45) is -7.53. The predicted octanol–water partition coefficient (Wildman–Crippen LogP) is 6.48. The Morgan fingerprint density at radius 1 is 1.00 bits per heavy atom. The first-order valence-electron chi connectivity index (χ1n) is 12.9. The minimum atomic E-state index is -4.71. The predicted molar refractivity (Wildman–Crippen MR) is 136 cm³/mol. The summed E-state index contributed by atoms with van der Waals surface area (Å²) in [5.74, 6) is -1.18. The van der Waals surface area contributed by atoms with Gasteiger partial charge in [0.05, 0.1) is 16.0 Å². The van der Waals surface area contributed by atoms with Crippen LogP contribution in [0.3, 0.4) is 0 Å². The van der Waals surface area contributed by atoms with Gasteiger partial charge in [0.1, 0.15) is 0 Å². The molecule has 3 aromatic rings. The molecule has 2 heterocycles. The van der Waals surface area contributed by atoms with Crippen LogP contribution < -0.4 is 5.32 Å². The van der Waals surface area contributed by atoms with Gasteiger partial charge in [0.2, 0.25) is 10.0 Å². The van der Waals surface area contributed by atoms with E-state index in [1.54, 1.807) is 0 Å². The lowest BCUT2D eigenvalue weighted by Crippen LogP contribution is -2.38. The number of halogens is 6. The highest BCUT2D eigenvalue weighted by atomic mass is 32.2. The maximum atomic E-state index is 13.3. The summed E-state index contributed by atoms with van der Waals surface area (Å²) in [6, 6.07) is 7.79. The molecule has 41 heavy (non-hydrogen) atoms. The highest BCUT2D eigenvalue weighted by molar-refractivity contribution is 7.89. The van der Waals surface area contributed by atoms with Gasteiger partial charge >= 0.3 is 12.4 Å². The van der Waals surface area contributed by atoms with Crippen LogP contribution in [0, 0.1) is 0 Å². The van der Waals surface area contributed by atoms with Crippen LogP contribution in [0.2, 0.25) is 0 Å². The summed E-state index contributed by atoms with van der Waals surface area (Å²) in [5, 5.41) is 2.68. The number of sulfonamides is 1. The molecule has 1 amide bonds. The molecule has 1 aliphatic heterocycles. The zero-order chi connectivity index (χ0) is 30.0. The largest absolute Gasteiger partial charge is 0.440 e. The van der Waals surface area contributed by atoms with Crippen LogP contribution in [0.15, 0.2) is 57.8 Å². The van der Waals surface area contributed by atoms with Gasteiger partial charge in [-0.1, -0.05) is 31.5 Å². The molecule has 1 aromatic heterocycles. The summed E-state index contributed by atoms with van der Waals surface area (Å²) < 4.78 is 112. The number of nitrogens with one attached hydrogen (secondary N) is 1. The molecule has 1 fully saturated rings. The summed E-state index contributed by atoms with van der Waals surface area (Å²) >= 11 is 0. The fourth-order valence-electron chi connectivity index (χ4n) is 4.49. The number of oxazole rings is 1. The van der Waals surface area contributed by atoms with Crippen LogP contribution in [0.5, 0.6) is 0 Å². The molecule has 7 nitrogen and oxygen atoms in total. The van der Waals surface area contributed by atoms with Crippen molar-refractivity contribution in [1.82, 2.24) is 14.6 Å². The van der Waals surface area contributed by atoms with Gasteiger partial charge < -0.3 is 9.73 Å². The minimum Gasteiger partial charge on any atom is -0.440 e. The van der Waals surface area contributed by atoms with Crippen molar-refractivity contribution in [2.75, 3.05) is 19.6 Å². The van der Waals surface area contributed by atoms with E-state index in [9.17, 15) is 39.6 Å². The average Bonchev–Trinajstić information content (AvgIpc) is 3.38. The molecule has 222 valence electrons. The molecule has 0 bridgehead atoms. The first kappa shape index (κ1) is 30.6. The first-order valence-corrected chi connectivity index (χ1v) is 14.3. The van der Waals surface area contributed by atoms with Crippen molar-refractivity contribution in [2.24, 2.45) is 0 Å². The lowest BCUT2D eigenvalue weighted by molar-refractivity contribution is -0.138. The number of benzene rings is 2. The van der Waals surface area contributed by atoms with E-state index in [2.05, 4.69) is 10.3 Å². The number of rotatable bonds is 8. The molecule has 2 aromatic carbocycles. The average molecular weight is 604 g/mol. The van der Waals surface area contributed by atoms with Crippen molar-refractivity contribution >= 4 is 15.9 Å². The van der Waals surface area contributed by atoms with Gasteiger partial charge in [0, 0.05) is 31.1 Å². The topological polar surface area (TPSA) is 92.5 Å². The number of carbonyl (C=O) groups is 1. The molecule has 1 N–H and O–H groups in total. The second-order valence-corrected chi connectivity index (χ2v) is 11.6. The summed E-state index contributed by atoms with van der Waals surface area (Å²) in [4.78, 5) is 16.7. The van der Waals surface area contributed by atoms with Gasteiger partial charge in [-0.15, -0.1) is 0 Å². The third-order valence-corrected chi connectivity index (χ3v) is 8.62. The SMILES string of the molecule is CCCCNC(=O)c1nc(C2CCN(S(=O)(=O)c3cccc(C(F)(F)F)c3)CC2)oc1-c1cccc(C(F)(F)F)c1. The quantitative estimate of drug-likeness (QED) is 0.235. The highest BCUT2D eigenvalue weighted by Gasteiger charge is 2.36. The third-order valence-electron chi connectivity index (χ3n) is 6.73. The standard InChI is InChI=1S/C27H27F6N3O4S/c1-2-3-12-34-24(37)22-23(18-6-4-7-19(15-18)26(28,29)30)40-25(35-22)17-10-13-36(14-11-17)41(38,39)21-9-5-8-20(16-21)27(31,32)33/h4-9,15-17H,2-3,10-14H2,1H3,(H,34,37). The molecule has 0 atom stereocenters. The molecule has 4 rings (SSSR count). The monoisotopic (exact) mass is 603 g/mol. The van der Waals surface area contributed by atoms with Gasteiger partial charge in [0.15, 0.2) is 17.3 Å². The first-order chi connectivity index (χ1) is 19.2.